The van der Waals surface area contributed by atoms with Gasteiger partial charge < -0.3 is 14.5 Å². The van der Waals surface area contributed by atoms with Crippen LogP contribution < -0.4 is 5.32 Å². The predicted molar refractivity (Wildman–Crippen MR) is 73.3 cm³/mol. The second-order valence-electron chi connectivity index (χ2n) is 5.46. The lowest BCUT2D eigenvalue weighted by Gasteiger charge is -2.24. The molecular weight excluding hydrogens is 266 g/mol. The summed E-state index contributed by atoms with van der Waals surface area (Å²) in [6.07, 6.45) is 0.359. The third-order valence-electron chi connectivity index (χ3n) is 2.61. The van der Waals surface area contributed by atoms with E-state index in [1.807, 2.05) is 34.6 Å². The van der Waals surface area contributed by atoms with Gasteiger partial charge in [-0.3, -0.25) is 0 Å². The summed E-state index contributed by atoms with van der Waals surface area (Å²) in [4.78, 5) is 12.0. The van der Waals surface area contributed by atoms with Crippen molar-refractivity contribution in [2.45, 2.75) is 52.7 Å². The average molecular weight is 287 g/mol. The summed E-state index contributed by atoms with van der Waals surface area (Å²) >= 11 is 4.85. The van der Waals surface area contributed by atoms with Crippen LogP contribution in [-0.4, -0.2) is 21.9 Å². The summed E-state index contributed by atoms with van der Waals surface area (Å²) in [5.74, 6) is 0.513. The molecule has 1 aromatic heterocycles. The second kappa shape index (κ2) is 6.18. The number of alkyl carbamates (subject to hydrolysis) is 1. The zero-order chi connectivity index (χ0) is 14.6. The van der Waals surface area contributed by atoms with Crippen LogP contribution in [0.4, 0.5) is 4.79 Å². The Hall–Kier alpha value is -1.37. The van der Waals surface area contributed by atoms with Crippen LogP contribution in [0.1, 0.15) is 53.0 Å². The van der Waals surface area contributed by atoms with Crippen LogP contribution in [0.2, 0.25) is 0 Å². The van der Waals surface area contributed by atoms with Crippen LogP contribution in [0.5, 0.6) is 0 Å². The first-order valence-electron chi connectivity index (χ1n) is 6.28. The number of aromatic nitrogens is 2. The number of amides is 1. The Balaban J connectivity index is 2.82. The SMILES string of the molecule is CC[C@H](C)[C@@H](NC(=O)OC(C)(C)C)c1n[nH]c(=S)o1. The molecule has 1 rings (SSSR count). The van der Waals surface area contributed by atoms with E-state index in [0.29, 0.717) is 5.89 Å². The molecule has 0 bridgehead atoms. The van der Waals surface area contributed by atoms with E-state index in [0.717, 1.165) is 6.42 Å². The van der Waals surface area contributed by atoms with E-state index in [1.54, 1.807) is 0 Å². The molecule has 2 atom stereocenters. The monoisotopic (exact) mass is 287 g/mol. The van der Waals surface area contributed by atoms with E-state index in [9.17, 15) is 4.79 Å². The van der Waals surface area contributed by atoms with E-state index < -0.39 is 11.7 Å². The van der Waals surface area contributed by atoms with Gasteiger partial charge >= 0.3 is 6.09 Å². The van der Waals surface area contributed by atoms with Crippen molar-refractivity contribution >= 4 is 18.3 Å². The third kappa shape index (κ3) is 5.02. The van der Waals surface area contributed by atoms with Gasteiger partial charge in [-0.1, -0.05) is 20.3 Å². The van der Waals surface area contributed by atoms with Crippen LogP contribution in [0.3, 0.4) is 0 Å². The number of aromatic amines is 1. The van der Waals surface area contributed by atoms with Crippen LogP contribution in [0.25, 0.3) is 0 Å². The predicted octanol–water partition coefficient (Wildman–Crippen LogP) is 3.34. The quantitative estimate of drug-likeness (QED) is 0.830. The molecule has 0 saturated carbocycles. The first kappa shape index (κ1) is 15.7. The Morgan fingerprint density at radius 2 is 2.21 bits per heavy atom. The van der Waals surface area contributed by atoms with Gasteiger partial charge in [-0.05, 0) is 38.9 Å². The number of carbonyl (C=O) groups is 1. The van der Waals surface area contributed by atoms with Gasteiger partial charge in [0.1, 0.15) is 11.6 Å². The summed E-state index contributed by atoms with van der Waals surface area (Å²) < 4.78 is 10.5. The van der Waals surface area contributed by atoms with Crippen LogP contribution in [0.15, 0.2) is 4.42 Å². The van der Waals surface area contributed by atoms with E-state index in [1.165, 1.54) is 0 Å². The third-order valence-corrected chi connectivity index (χ3v) is 2.78. The van der Waals surface area contributed by atoms with Crippen molar-refractivity contribution in [2.24, 2.45) is 5.92 Å². The molecule has 1 amide bonds. The number of carbonyl (C=O) groups excluding carboxylic acids is 1. The maximum Gasteiger partial charge on any atom is 0.408 e. The van der Waals surface area contributed by atoms with Crippen molar-refractivity contribution in [1.82, 2.24) is 15.5 Å². The summed E-state index contributed by atoms with van der Waals surface area (Å²) in [6, 6.07) is -0.368. The molecule has 0 saturated heterocycles. The lowest BCUT2D eigenvalue weighted by Crippen LogP contribution is -2.37. The smallest absolute Gasteiger partial charge is 0.408 e. The number of hydrogen-bond acceptors (Lipinski definition) is 5. The number of nitrogens with zero attached hydrogens (tertiary/aromatic N) is 1. The van der Waals surface area contributed by atoms with E-state index >= 15 is 0 Å². The molecule has 1 heterocycles. The molecule has 0 unspecified atom stereocenters. The number of hydrogen-bond donors (Lipinski definition) is 2. The Kier molecular flexibility index (Phi) is 5.11. The Morgan fingerprint density at radius 1 is 1.58 bits per heavy atom. The van der Waals surface area contributed by atoms with Gasteiger partial charge in [-0.15, -0.1) is 5.10 Å². The Morgan fingerprint density at radius 3 is 2.63 bits per heavy atom. The van der Waals surface area contributed by atoms with Crippen molar-refractivity contribution in [3.8, 4) is 0 Å². The minimum atomic E-state index is -0.546. The van der Waals surface area contributed by atoms with Gasteiger partial charge in [0.25, 0.3) is 4.84 Å². The lowest BCUT2D eigenvalue weighted by molar-refractivity contribution is 0.0475. The first-order chi connectivity index (χ1) is 8.73. The van der Waals surface area contributed by atoms with Crippen LogP contribution in [0, 0.1) is 10.8 Å². The molecule has 6 nitrogen and oxygen atoms in total. The topological polar surface area (TPSA) is 80.1 Å². The highest BCUT2D eigenvalue weighted by Gasteiger charge is 2.27. The molecule has 0 spiro atoms. The molecule has 108 valence electrons. The largest absolute Gasteiger partial charge is 0.444 e. The number of rotatable bonds is 4. The standard InChI is InChI=1S/C12H21N3O3S/c1-6-7(2)8(9-14-15-11(19)17-9)13-10(16)18-12(3,4)5/h7-8H,6H2,1-5H3,(H,13,16)(H,15,19)/t7-,8+/m0/s1. The fourth-order valence-corrected chi connectivity index (χ4v) is 1.62. The Bertz CT molecular complexity index is 475. The van der Waals surface area contributed by atoms with Crippen molar-refractivity contribution in [3.05, 3.63) is 10.7 Å². The number of H-pyrrole nitrogens is 1. The van der Waals surface area contributed by atoms with Gasteiger partial charge in [0.15, 0.2) is 0 Å². The van der Waals surface area contributed by atoms with E-state index in [4.69, 9.17) is 21.4 Å². The molecule has 7 heteroatoms. The summed E-state index contributed by atoms with van der Waals surface area (Å²) in [5, 5.41) is 9.29. The van der Waals surface area contributed by atoms with Crippen LogP contribution >= 0.6 is 12.2 Å². The zero-order valence-electron chi connectivity index (χ0n) is 11.9. The number of nitrogens with one attached hydrogen (secondary N) is 2. The van der Waals surface area contributed by atoms with E-state index in [2.05, 4.69) is 15.5 Å². The van der Waals surface area contributed by atoms with Crippen molar-refractivity contribution in [1.29, 1.82) is 0 Å². The molecule has 0 radical (unpaired) electrons. The minimum Gasteiger partial charge on any atom is -0.444 e. The second-order valence-corrected chi connectivity index (χ2v) is 5.83. The van der Waals surface area contributed by atoms with Crippen molar-refractivity contribution in [3.63, 3.8) is 0 Å². The van der Waals surface area contributed by atoms with Gasteiger partial charge in [-0.25, -0.2) is 9.89 Å². The van der Waals surface area contributed by atoms with Gasteiger partial charge in [0.2, 0.25) is 5.89 Å². The van der Waals surface area contributed by atoms with Gasteiger partial charge in [0, 0.05) is 0 Å². The summed E-state index contributed by atoms with van der Waals surface area (Å²) in [5.41, 5.74) is -0.546. The molecule has 2 N–H and O–H groups in total. The number of ether oxygens (including phenoxy) is 1. The molecule has 0 aromatic carbocycles. The van der Waals surface area contributed by atoms with Crippen molar-refractivity contribution in [2.75, 3.05) is 0 Å². The van der Waals surface area contributed by atoms with E-state index in [-0.39, 0.29) is 16.8 Å². The normalized spacial score (nSPS) is 14.8. The maximum atomic E-state index is 11.8. The molecule has 19 heavy (non-hydrogen) atoms. The minimum absolute atomic E-state index is 0.147. The molecule has 0 fully saturated rings. The molecular formula is C12H21N3O3S. The summed E-state index contributed by atoms with van der Waals surface area (Å²) in [6.45, 7) is 9.45. The molecule has 0 aliphatic rings. The molecule has 0 aliphatic carbocycles. The lowest BCUT2D eigenvalue weighted by atomic mass is 9.99. The fraction of sp³-hybridized carbons (Fsp3) is 0.750. The Labute approximate surface area is 117 Å². The van der Waals surface area contributed by atoms with Crippen LogP contribution in [-0.2, 0) is 4.74 Å². The fourth-order valence-electron chi connectivity index (χ4n) is 1.49. The highest BCUT2D eigenvalue weighted by Crippen LogP contribution is 2.23. The summed E-state index contributed by atoms with van der Waals surface area (Å²) in [7, 11) is 0. The highest BCUT2D eigenvalue weighted by atomic mass is 32.1. The highest BCUT2D eigenvalue weighted by molar-refractivity contribution is 7.71. The van der Waals surface area contributed by atoms with Gasteiger partial charge in [0.05, 0.1) is 0 Å². The first-order valence-corrected chi connectivity index (χ1v) is 6.68. The zero-order valence-corrected chi connectivity index (χ0v) is 12.8. The molecule has 0 aliphatic heterocycles. The van der Waals surface area contributed by atoms with Crippen molar-refractivity contribution < 1.29 is 13.9 Å². The molecule has 1 aromatic rings. The van der Waals surface area contributed by atoms with Gasteiger partial charge in [-0.2, -0.15) is 0 Å². The average Bonchev–Trinajstić information content (AvgIpc) is 2.69. The maximum absolute atomic E-state index is 11.8.